The van der Waals surface area contributed by atoms with Crippen molar-refractivity contribution in [3.63, 3.8) is 0 Å². The Bertz CT molecular complexity index is 2200. The number of carboxylic acid groups (broad SMARTS) is 1. The first-order valence-electron chi connectivity index (χ1n) is 19.1. The van der Waals surface area contributed by atoms with Gasteiger partial charge in [-0.1, -0.05) is 48.5 Å². The number of fused-ring (bicyclic) bond motifs is 4. The Morgan fingerprint density at radius 1 is 0.964 bits per heavy atom. The minimum absolute atomic E-state index is 0.0676. The van der Waals surface area contributed by atoms with Crippen LogP contribution in [0.5, 0.6) is 11.5 Å². The molecule has 5 heterocycles. The van der Waals surface area contributed by atoms with E-state index in [2.05, 4.69) is 25.5 Å². The number of carboxylic acids is 1. The number of pyridine rings is 2. The number of unbranched alkanes of at least 4 members (excludes halogenated alkanes) is 1. The van der Waals surface area contributed by atoms with E-state index >= 15 is 0 Å². The zero-order valence-electron chi connectivity index (χ0n) is 31.0. The molecule has 2 bridgehead atoms. The SMILES string of the molecule is O=C(NC(c1ccccc1)c1cccc(OCc2cc(CCCCNC[C@H](O)c3ccc(O)c4[nH]c(=O)ccc34)c(C(=O)O)cn2)c1)O[C@H]1CN2CCC1CC2. The summed E-state index contributed by atoms with van der Waals surface area (Å²) < 4.78 is 12.1. The van der Waals surface area contributed by atoms with Gasteiger partial charge in [0.2, 0.25) is 5.56 Å². The molecule has 3 aliphatic heterocycles. The van der Waals surface area contributed by atoms with Crippen LogP contribution in [-0.4, -0.2) is 81.1 Å². The number of piperidine rings is 3. The summed E-state index contributed by atoms with van der Waals surface area (Å²) in [6.45, 7) is 3.85. The van der Waals surface area contributed by atoms with Gasteiger partial charge in [0.15, 0.2) is 0 Å². The highest BCUT2D eigenvalue weighted by Gasteiger charge is 2.37. The van der Waals surface area contributed by atoms with Crippen LogP contribution in [0.25, 0.3) is 10.9 Å². The lowest BCUT2D eigenvalue weighted by Gasteiger charge is -2.43. The molecule has 56 heavy (non-hydrogen) atoms. The summed E-state index contributed by atoms with van der Waals surface area (Å²) >= 11 is 0. The van der Waals surface area contributed by atoms with Gasteiger partial charge in [0.25, 0.3) is 0 Å². The van der Waals surface area contributed by atoms with Gasteiger partial charge in [-0.2, -0.15) is 0 Å². The first kappa shape index (κ1) is 38.5. The van der Waals surface area contributed by atoms with Crippen LogP contribution in [0, 0.1) is 5.92 Å². The summed E-state index contributed by atoms with van der Waals surface area (Å²) in [4.78, 5) is 46.3. The van der Waals surface area contributed by atoms with Crippen LogP contribution in [0.2, 0.25) is 0 Å². The number of carbonyl (C=O) groups is 2. The number of aliphatic hydroxyl groups is 1. The molecule has 8 rings (SSSR count). The zero-order valence-corrected chi connectivity index (χ0v) is 31.0. The number of nitrogens with one attached hydrogen (secondary N) is 3. The fraction of sp³-hybridized carbons (Fsp3) is 0.349. The van der Waals surface area contributed by atoms with Gasteiger partial charge in [0, 0.05) is 30.7 Å². The van der Waals surface area contributed by atoms with Crippen LogP contribution < -0.4 is 20.9 Å². The molecule has 3 aliphatic rings. The monoisotopic (exact) mass is 761 g/mol. The predicted molar refractivity (Wildman–Crippen MR) is 210 cm³/mol. The summed E-state index contributed by atoms with van der Waals surface area (Å²) in [6.07, 6.45) is 3.95. The Morgan fingerprint density at radius 3 is 2.54 bits per heavy atom. The van der Waals surface area contributed by atoms with E-state index in [0.29, 0.717) is 53.3 Å². The molecule has 3 atom stereocenters. The molecule has 1 amide bonds. The second-order valence-electron chi connectivity index (χ2n) is 14.5. The number of carbonyl (C=O) groups excluding carboxylic acids is 1. The molecule has 3 aromatic carbocycles. The van der Waals surface area contributed by atoms with E-state index in [4.69, 9.17) is 9.47 Å². The molecule has 13 heteroatoms. The van der Waals surface area contributed by atoms with Crippen molar-refractivity contribution in [3.05, 3.63) is 135 Å². The van der Waals surface area contributed by atoms with Crippen molar-refractivity contribution in [1.29, 1.82) is 0 Å². The molecule has 5 aromatic rings. The van der Waals surface area contributed by atoms with E-state index in [9.17, 15) is 29.7 Å². The molecule has 13 nitrogen and oxygen atoms in total. The Balaban J connectivity index is 0.937. The van der Waals surface area contributed by atoms with Crippen molar-refractivity contribution in [2.75, 3.05) is 32.7 Å². The smallest absolute Gasteiger partial charge is 0.408 e. The summed E-state index contributed by atoms with van der Waals surface area (Å²) in [5, 5.41) is 37.7. The molecule has 0 radical (unpaired) electrons. The fourth-order valence-corrected chi connectivity index (χ4v) is 7.77. The number of aromatic amines is 1. The van der Waals surface area contributed by atoms with Gasteiger partial charge in [0.1, 0.15) is 24.2 Å². The summed E-state index contributed by atoms with van der Waals surface area (Å²) in [6, 6.07) is 24.6. The Labute approximate surface area is 324 Å². The van der Waals surface area contributed by atoms with Crippen LogP contribution in [0.1, 0.15) is 76.1 Å². The highest BCUT2D eigenvalue weighted by atomic mass is 16.6. The van der Waals surface area contributed by atoms with Crippen LogP contribution in [0.15, 0.2) is 95.9 Å². The highest BCUT2D eigenvalue weighted by molar-refractivity contribution is 5.89. The van der Waals surface area contributed by atoms with E-state index in [-0.39, 0.29) is 41.6 Å². The lowest BCUT2D eigenvalue weighted by Crippen LogP contribution is -2.52. The average Bonchev–Trinajstić information content (AvgIpc) is 3.21. The number of rotatable bonds is 16. The number of aromatic nitrogens is 2. The topological polar surface area (TPSA) is 186 Å². The first-order valence-corrected chi connectivity index (χ1v) is 19.1. The number of benzene rings is 3. The molecular weight excluding hydrogens is 714 g/mol. The number of amides is 1. The number of hydrogen-bond acceptors (Lipinski definition) is 10. The van der Waals surface area contributed by atoms with Crippen LogP contribution >= 0.6 is 0 Å². The summed E-state index contributed by atoms with van der Waals surface area (Å²) in [5.41, 5.74) is 3.61. The number of aryl methyl sites for hydroxylation is 1. The maximum absolute atomic E-state index is 13.2. The number of aromatic hydroxyl groups is 1. The number of aromatic carboxylic acids is 1. The Kier molecular flexibility index (Phi) is 12.2. The molecule has 3 fully saturated rings. The number of hydrogen-bond donors (Lipinski definition) is 6. The normalized spacial score (nSPS) is 18.6. The number of H-pyrrole nitrogens is 1. The molecule has 3 saturated heterocycles. The molecule has 292 valence electrons. The summed E-state index contributed by atoms with van der Waals surface area (Å²) in [5.74, 6) is -0.150. The minimum atomic E-state index is -1.05. The van der Waals surface area contributed by atoms with Gasteiger partial charge in [0.05, 0.1) is 28.9 Å². The van der Waals surface area contributed by atoms with Gasteiger partial charge < -0.3 is 40.4 Å². The highest BCUT2D eigenvalue weighted by Crippen LogP contribution is 2.31. The fourth-order valence-electron chi connectivity index (χ4n) is 7.77. The third kappa shape index (κ3) is 9.36. The second-order valence-corrected chi connectivity index (χ2v) is 14.5. The summed E-state index contributed by atoms with van der Waals surface area (Å²) in [7, 11) is 0. The average molecular weight is 762 g/mol. The van der Waals surface area contributed by atoms with E-state index in [1.165, 1.54) is 18.3 Å². The molecular formula is C43H47N5O8. The molecule has 1 unspecified atom stereocenters. The third-order valence-corrected chi connectivity index (χ3v) is 10.8. The minimum Gasteiger partial charge on any atom is -0.506 e. The van der Waals surface area contributed by atoms with Crippen LogP contribution in [0.3, 0.4) is 0 Å². The number of alkyl carbamates (subject to hydrolysis) is 1. The molecule has 2 aromatic heterocycles. The number of aliphatic hydroxyl groups excluding tert-OH is 1. The van der Waals surface area contributed by atoms with Gasteiger partial charge in [-0.15, -0.1) is 0 Å². The van der Waals surface area contributed by atoms with Crippen molar-refractivity contribution in [2.45, 2.75) is 57.0 Å². The second kappa shape index (κ2) is 17.8. The largest absolute Gasteiger partial charge is 0.506 e. The maximum Gasteiger partial charge on any atom is 0.408 e. The zero-order chi connectivity index (χ0) is 39.0. The Morgan fingerprint density at radius 2 is 1.77 bits per heavy atom. The maximum atomic E-state index is 13.2. The number of phenolic OH excluding ortho intramolecular Hbond substituents is 1. The van der Waals surface area contributed by atoms with Crippen LogP contribution in [0.4, 0.5) is 4.79 Å². The van der Waals surface area contributed by atoms with Gasteiger partial charge in [-0.3, -0.25) is 14.7 Å². The van der Waals surface area contributed by atoms with E-state index < -0.39 is 24.2 Å². The van der Waals surface area contributed by atoms with Crippen molar-refractivity contribution in [2.24, 2.45) is 5.92 Å². The third-order valence-electron chi connectivity index (χ3n) is 10.8. The molecule has 0 saturated carbocycles. The Hall–Kier alpha value is -5.76. The first-order chi connectivity index (χ1) is 27.2. The van der Waals surface area contributed by atoms with Gasteiger partial charge >= 0.3 is 12.1 Å². The quantitative estimate of drug-likeness (QED) is 0.0702. The van der Waals surface area contributed by atoms with E-state index in [1.807, 2.05) is 54.6 Å². The van der Waals surface area contributed by atoms with Crippen molar-refractivity contribution in [1.82, 2.24) is 25.5 Å². The molecule has 6 N–H and O–H groups in total. The van der Waals surface area contributed by atoms with Gasteiger partial charge in [-0.05, 0) is 110 Å². The number of nitrogens with zero attached hydrogens (tertiary/aromatic N) is 2. The van der Waals surface area contributed by atoms with Crippen molar-refractivity contribution < 1.29 is 34.4 Å². The molecule has 0 spiro atoms. The standard InChI is InChI=1S/C43H47N5O8/c49-36-14-12-33(34-13-15-39(51)46-41(34)36)37(50)24-44-18-5-4-9-29-21-31(45-23-35(29)42(52)53)26-55-32-11-6-10-30(22-32)40(28-7-2-1-3-8-28)47-43(54)56-38-25-48-19-16-27(38)17-20-48/h1-3,6-8,10-15,21-23,27,37-38,40,44,49-50H,4-5,9,16-20,24-26H2,(H,46,51)(H,47,54)(H,52,53)/t37-,38-,40?/m0/s1. The van der Waals surface area contributed by atoms with Crippen molar-refractivity contribution in [3.8, 4) is 11.5 Å². The van der Waals surface area contributed by atoms with Crippen molar-refractivity contribution >= 4 is 23.0 Å². The lowest BCUT2D eigenvalue weighted by atomic mass is 9.86. The van der Waals surface area contributed by atoms with Crippen LogP contribution in [-0.2, 0) is 17.8 Å². The molecule has 0 aliphatic carbocycles. The number of phenols is 1. The lowest BCUT2D eigenvalue weighted by molar-refractivity contribution is -0.0336. The predicted octanol–water partition coefficient (Wildman–Crippen LogP) is 5.46. The van der Waals surface area contributed by atoms with E-state index in [0.717, 1.165) is 50.0 Å². The van der Waals surface area contributed by atoms with Gasteiger partial charge in [-0.25, -0.2) is 9.59 Å². The van der Waals surface area contributed by atoms with E-state index in [1.54, 1.807) is 18.2 Å². The number of ether oxygens (including phenoxy) is 2.